The number of nitrogen functional groups attached to an aromatic ring is 1. The summed E-state index contributed by atoms with van der Waals surface area (Å²) in [6, 6.07) is 17.7. The number of benzene rings is 2. The number of hydrogen-bond acceptors (Lipinski definition) is 10. The molecule has 12 heteroatoms. The lowest BCUT2D eigenvalue weighted by molar-refractivity contribution is -0.669. The van der Waals surface area contributed by atoms with Gasteiger partial charge in [0.15, 0.2) is 5.82 Å². The molecule has 1 aliphatic heterocycles. The van der Waals surface area contributed by atoms with Crippen LogP contribution in [0.5, 0.6) is 17.8 Å². The largest absolute Gasteiger partial charge is 0.492 e. The second kappa shape index (κ2) is 16.4. The van der Waals surface area contributed by atoms with Gasteiger partial charge in [0.05, 0.1) is 27.2 Å². The van der Waals surface area contributed by atoms with Crippen LogP contribution in [0.2, 0.25) is 0 Å². The van der Waals surface area contributed by atoms with Gasteiger partial charge < -0.3 is 24.7 Å². The molecule has 5 rings (SSSR count). The van der Waals surface area contributed by atoms with Gasteiger partial charge in [0.25, 0.3) is 0 Å². The molecule has 0 spiro atoms. The summed E-state index contributed by atoms with van der Waals surface area (Å²) in [6.45, 7) is 7.70. The van der Waals surface area contributed by atoms with Crippen LogP contribution in [0.25, 0.3) is 11.2 Å². The maximum Gasteiger partial charge on any atom is 0.397 e. The van der Waals surface area contributed by atoms with E-state index in [4.69, 9.17) is 24.7 Å². The molecule has 0 bridgehead atoms. The monoisotopic (exact) mass is 646 g/mol. The first-order valence-electron chi connectivity index (χ1n) is 16.4. The topological polar surface area (TPSA) is 132 Å². The average Bonchev–Trinajstić information content (AvgIpc) is 3.43. The highest BCUT2D eigenvalue weighted by atomic mass is 16.5. The smallest absolute Gasteiger partial charge is 0.397 e. The molecule has 0 radical (unpaired) electrons. The number of carbonyl (C=O) groups is 1. The van der Waals surface area contributed by atoms with Crippen molar-refractivity contribution in [2.45, 2.75) is 58.2 Å². The molecule has 0 unspecified atom stereocenters. The Morgan fingerprint density at radius 1 is 1.04 bits per heavy atom. The third kappa shape index (κ3) is 9.11. The summed E-state index contributed by atoms with van der Waals surface area (Å²) in [4.78, 5) is 28.7. The molecule has 252 valence electrons. The van der Waals surface area contributed by atoms with Crippen LogP contribution in [-0.4, -0.2) is 90.9 Å². The molecular weight excluding hydrogens is 598 g/mol. The van der Waals surface area contributed by atoms with Crippen molar-refractivity contribution in [1.82, 2.24) is 24.8 Å². The summed E-state index contributed by atoms with van der Waals surface area (Å²) < 4.78 is 24.1. The van der Waals surface area contributed by atoms with Crippen molar-refractivity contribution < 1.29 is 28.3 Å². The van der Waals surface area contributed by atoms with Gasteiger partial charge in [-0.2, -0.15) is 9.55 Å². The first-order valence-corrected chi connectivity index (χ1v) is 16.4. The molecule has 2 aromatic carbocycles. The first-order chi connectivity index (χ1) is 22.9. The number of aromatic amines is 1. The maximum atomic E-state index is 11.6. The minimum absolute atomic E-state index is 0.248. The van der Waals surface area contributed by atoms with Crippen LogP contribution in [0.3, 0.4) is 0 Å². The van der Waals surface area contributed by atoms with E-state index in [1.54, 1.807) is 7.11 Å². The number of carbonyl (C=O) groups excluding carboxylic acids is 1. The molecule has 3 N–H and O–H groups in total. The van der Waals surface area contributed by atoms with E-state index in [9.17, 15) is 4.79 Å². The second-order valence-corrected chi connectivity index (χ2v) is 12.1. The molecule has 2 aromatic heterocycles. The van der Waals surface area contributed by atoms with Crippen molar-refractivity contribution in [3.63, 3.8) is 0 Å². The quantitative estimate of drug-likeness (QED) is 0.105. The number of piperidine rings is 1. The molecule has 0 amide bonds. The summed E-state index contributed by atoms with van der Waals surface area (Å²) in [5, 5.41) is 0. The third-order valence-corrected chi connectivity index (χ3v) is 8.69. The number of H-pyrrole nitrogens is 1. The second-order valence-electron chi connectivity index (χ2n) is 12.1. The van der Waals surface area contributed by atoms with E-state index in [2.05, 4.69) is 63.0 Å². The minimum atomic E-state index is -0.253. The Hall–Kier alpha value is -4.42. The van der Waals surface area contributed by atoms with Crippen LogP contribution in [0.1, 0.15) is 49.3 Å². The number of anilines is 1. The summed E-state index contributed by atoms with van der Waals surface area (Å²) >= 11 is 0. The molecule has 4 aromatic rings. The standard InChI is InChI=1S/C35H47N7O5/c1-5-6-19-47-34-38-32(36)31-33(39-34)42(35(37-31)45-4)24-26-12-10-25(11-13-26)23-41-16-14-28(15-17-41)40(2)18-20-46-29-9-7-8-27(21-29)22-30(43)44-3/h7-13,21,28H,5-6,14-20,22-24H2,1-4H3,(H2,36,38,39)/p+1. The number of nitrogens with one attached hydrogen (secondary N) is 1. The Labute approximate surface area is 276 Å². The average molecular weight is 647 g/mol. The number of ether oxygens (including phenoxy) is 4. The van der Waals surface area contributed by atoms with E-state index in [1.165, 1.54) is 12.7 Å². The lowest BCUT2D eigenvalue weighted by atomic mass is 10.0. The molecule has 12 nitrogen and oxygen atoms in total. The van der Waals surface area contributed by atoms with Gasteiger partial charge in [0.2, 0.25) is 5.52 Å². The number of fused-ring (bicyclic) bond motifs is 1. The number of aromatic nitrogens is 4. The number of likely N-dealkylation sites (N-methyl/N-ethyl adjacent to an activating group) is 1. The fraction of sp³-hybridized carbons (Fsp3) is 0.486. The zero-order valence-corrected chi connectivity index (χ0v) is 28.0. The van der Waals surface area contributed by atoms with Crippen LogP contribution < -0.4 is 24.5 Å². The molecule has 0 aliphatic carbocycles. The first kappa shape index (κ1) is 33.9. The number of esters is 1. The Morgan fingerprint density at radius 2 is 1.81 bits per heavy atom. The minimum Gasteiger partial charge on any atom is -0.492 e. The molecular formula is C35H48N7O5+. The van der Waals surface area contributed by atoms with Gasteiger partial charge in [-0.05, 0) is 73.2 Å². The van der Waals surface area contributed by atoms with E-state index in [-0.39, 0.29) is 18.4 Å². The predicted octanol–water partition coefficient (Wildman–Crippen LogP) is 3.75. The lowest BCUT2D eigenvalue weighted by Gasteiger charge is -2.36. The number of rotatable bonds is 16. The van der Waals surface area contributed by atoms with Crippen molar-refractivity contribution in [2.24, 2.45) is 0 Å². The van der Waals surface area contributed by atoms with Gasteiger partial charge in [-0.15, -0.1) is 0 Å². The Bertz CT molecular complexity index is 1600. The van der Waals surface area contributed by atoms with Crippen molar-refractivity contribution in [3.05, 3.63) is 65.2 Å². The van der Waals surface area contributed by atoms with Crippen LogP contribution in [0.4, 0.5) is 5.82 Å². The number of imidazole rings is 1. The highest BCUT2D eigenvalue weighted by Crippen LogP contribution is 2.22. The van der Waals surface area contributed by atoms with E-state index in [1.807, 2.05) is 28.8 Å². The third-order valence-electron chi connectivity index (χ3n) is 8.69. The van der Waals surface area contributed by atoms with Crippen LogP contribution in [-0.2, 0) is 29.0 Å². The van der Waals surface area contributed by atoms with Crippen molar-refractivity contribution >= 4 is 23.0 Å². The van der Waals surface area contributed by atoms with E-state index in [0.717, 1.165) is 68.7 Å². The van der Waals surface area contributed by atoms with Crippen LogP contribution >= 0.6 is 0 Å². The Kier molecular flexibility index (Phi) is 11.9. The number of nitrogens with two attached hydrogens (primary N) is 1. The van der Waals surface area contributed by atoms with Gasteiger partial charge in [-0.3, -0.25) is 14.6 Å². The summed E-state index contributed by atoms with van der Waals surface area (Å²) in [7, 11) is 5.20. The number of nitrogens with zero attached hydrogens (tertiary/aromatic N) is 5. The Balaban J connectivity index is 1.10. The summed E-state index contributed by atoms with van der Waals surface area (Å²) in [6.07, 6.45) is 4.44. The molecule has 47 heavy (non-hydrogen) atoms. The summed E-state index contributed by atoms with van der Waals surface area (Å²) in [5.74, 6) is 0.855. The van der Waals surface area contributed by atoms with Gasteiger partial charge in [0, 0.05) is 19.1 Å². The SMILES string of the molecule is CCCCOc1nc(N)c2[nH]c(OC)[n+](Cc3ccc(CN4CCC(N(C)CCOc5cccc(CC(=O)OC)c5)CC4)cc3)c2n1. The van der Waals surface area contributed by atoms with Crippen molar-refractivity contribution in [1.29, 1.82) is 0 Å². The van der Waals surface area contributed by atoms with Gasteiger partial charge in [-0.1, -0.05) is 49.7 Å². The lowest BCUT2D eigenvalue weighted by Crippen LogP contribution is -2.44. The zero-order chi connectivity index (χ0) is 33.2. The normalized spacial score (nSPS) is 14.1. The molecule has 0 saturated carbocycles. The van der Waals surface area contributed by atoms with Crippen molar-refractivity contribution in [2.75, 3.05) is 59.8 Å². The maximum absolute atomic E-state index is 11.6. The summed E-state index contributed by atoms with van der Waals surface area (Å²) in [5.41, 5.74) is 10.8. The van der Waals surface area contributed by atoms with Crippen LogP contribution in [0, 0.1) is 0 Å². The van der Waals surface area contributed by atoms with Gasteiger partial charge in [0.1, 0.15) is 18.9 Å². The highest BCUT2D eigenvalue weighted by molar-refractivity contribution is 5.79. The number of likely N-dealkylation sites (tertiary alicyclic amines) is 1. The van der Waals surface area contributed by atoms with E-state index in [0.29, 0.717) is 48.8 Å². The van der Waals surface area contributed by atoms with Gasteiger partial charge >= 0.3 is 23.6 Å². The van der Waals surface area contributed by atoms with Crippen LogP contribution in [0.15, 0.2) is 48.5 Å². The molecule has 3 heterocycles. The van der Waals surface area contributed by atoms with E-state index < -0.39 is 0 Å². The predicted molar refractivity (Wildman–Crippen MR) is 180 cm³/mol. The molecule has 1 aliphatic rings. The molecule has 0 atom stereocenters. The fourth-order valence-corrected chi connectivity index (χ4v) is 5.89. The fourth-order valence-electron chi connectivity index (χ4n) is 5.89. The van der Waals surface area contributed by atoms with Gasteiger partial charge in [-0.25, -0.2) is 4.98 Å². The molecule has 1 saturated heterocycles. The highest BCUT2D eigenvalue weighted by Gasteiger charge is 2.26. The number of methoxy groups -OCH3 is 2. The van der Waals surface area contributed by atoms with E-state index >= 15 is 0 Å². The zero-order valence-electron chi connectivity index (χ0n) is 28.0. The van der Waals surface area contributed by atoms with Crippen molar-refractivity contribution in [3.8, 4) is 17.8 Å². The molecule has 1 fully saturated rings. The number of unbranched alkanes of at least 4 members (excludes halogenated alkanes) is 1. The Morgan fingerprint density at radius 3 is 2.53 bits per heavy atom. The number of hydrogen-bond donors (Lipinski definition) is 2.